The molecule has 0 fully saturated rings. The first kappa shape index (κ1) is 14.3. The first-order valence-corrected chi connectivity index (χ1v) is 6.44. The van der Waals surface area contributed by atoms with E-state index < -0.39 is 4.92 Å². The SMILES string of the molecule is NC(CNc1cccc(Cl)c1[N+](=O)[O-])c1ccccc1. The average molecular weight is 292 g/mol. The number of nitro groups is 1. The first-order chi connectivity index (χ1) is 9.59. The monoisotopic (exact) mass is 291 g/mol. The van der Waals surface area contributed by atoms with Crippen LogP contribution in [-0.2, 0) is 0 Å². The van der Waals surface area contributed by atoms with E-state index in [1.54, 1.807) is 12.1 Å². The molecule has 0 radical (unpaired) electrons. The highest BCUT2D eigenvalue weighted by molar-refractivity contribution is 6.33. The Morgan fingerprint density at radius 3 is 2.55 bits per heavy atom. The van der Waals surface area contributed by atoms with Crippen molar-refractivity contribution in [1.29, 1.82) is 0 Å². The molecule has 3 N–H and O–H groups in total. The lowest BCUT2D eigenvalue weighted by Gasteiger charge is -2.14. The van der Waals surface area contributed by atoms with Gasteiger partial charge in [0.05, 0.1) is 4.92 Å². The minimum atomic E-state index is -0.501. The summed E-state index contributed by atoms with van der Waals surface area (Å²) in [6.45, 7) is 0.380. The van der Waals surface area contributed by atoms with Crippen LogP contribution in [-0.4, -0.2) is 11.5 Å². The summed E-state index contributed by atoms with van der Waals surface area (Å²) >= 11 is 5.84. The molecule has 0 spiro atoms. The molecular formula is C14H14ClN3O2. The molecule has 0 saturated carbocycles. The van der Waals surface area contributed by atoms with Gasteiger partial charge in [0.25, 0.3) is 0 Å². The number of nitro benzene ring substituents is 1. The zero-order chi connectivity index (χ0) is 14.5. The van der Waals surface area contributed by atoms with Crippen molar-refractivity contribution in [3.8, 4) is 0 Å². The van der Waals surface area contributed by atoms with Gasteiger partial charge in [-0.05, 0) is 17.7 Å². The molecule has 20 heavy (non-hydrogen) atoms. The Labute approximate surface area is 121 Å². The van der Waals surface area contributed by atoms with Crippen LogP contribution in [0.2, 0.25) is 5.02 Å². The first-order valence-electron chi connectivity index (χ1n) is 6.07. The smallest absolute Gasteiger partial charge is 0.310 e. The van der Waals surface area contributed by atoms with E-state index in [1.165, 1.54) is 6.07 Å². The summed E-state index contributed by atoms with van der Waals surface area (Å²) in [6, 6.07) is 14.0. The summed E-state index contributed by atoms with van der Waals surface area (Å²) in [5.41, 5.74) is 7.24. The van der Waals surface area contributed by atoms with Gasteiger partial charge >= 0.3 is 5.69 Å². The molecular weight excluding hydrogens is 278 g/mol. The molecule has 1 atom stereocenters. The van der Waals surface area contributed by atoms with Gasteiger partial charge in [0.2, 0.25) is 0 Å². The minimum Gasteiger partial charge on any atom is -0.378 e. The number of nitrogens with one attached hydrogen (secondary N) is 1. The van der Waals surface area contributed by atoms with Crippen molar-refractivity contribution in [3.05, 3.63) is 69.2 Å². The lowest BCUT2D eigenvalue weighted by atomic mass is 10.1. The van der Waals surface area contributed by atoms with E-state index in [1.807, 2.05) is 30.3 Å². The molecule has 6 heteroatoms. The predicted octanol–water partition coefficient (Wildman–Crippen LogP) is 3.36. The number of halogens is 1. The van der Waals surface area contributed by atoms with Crippen molar-refractivity contribution in [2.75, 3.05) is 11.9 Å². The summed E-state index contributed by atoms with van der Waals surface area (Å²) < 4.78 is 0. The molecule has 2 aromatic carbocycles. The number of hydrogen-bond donors (Lipinski definition) is 2. The molecule has 2 aromatic rings. The Morgan fingerprint density at radius 1 is 1.20 bits per heavy atom. The van der Waals surface area contributed by atoms with Crippen LogP contribution < -0.4 is 11.1 Å². The summed E-state index contributed by atoms with van der Waals surface area (Å²) in [4.78, 5) is 10.5. The molecule has 0 aliphatic carbocycles. The zero-order valence-electron chi connectivity index (χ0n) is 10.6. The van der Waals surface area contributed by atoms with Crippen molar-refractivity contribution in [3.63, 3.8) is 0 Å². The standard InChI is InChI=1S/C14H14ClN3O2/c15-11-7-4-8-13(14(11)18(19)20)17-9-12(16)10-5-2-1-3-6-10/h1-8,12,17H,9,16H2. The summed E-state index contributed by atoms with van der Waals surface area (Å²) in [5.74, 6) is 0. The third-order valence-corrected chi connectivity index (χ3v) is 3.21. The van der Waals surface area contributed by atoms with E-state index in [-0.39, 0.29) is 16.8 Å². The highest BCUT2D eigenvalue weighted by atomic mass is 35.5. The highest BCUT2D eigenvalue weighted by Crippen LogP contribution is 2.32. The number of rotatable bonds is 5. The maximum absolute atomic E-state index is 11.0. The fourth-order valence-electron chi connectivity index (χ4n) is 1.88. The molecule has 0 saturated heterocycles. The highest BCUT2D eigenvalue weighted by Gasteiger charge is 2.18. The number of anilines is 1. The molecule has 0 amide bonds. The lowest BCUT2D eigenvalue weighted by molar-refractivity contribution is -0.383. The maximum Gasteiger partial charge on any atom is 0.310 e. The largest absolute Gasteiger partial charge is 0.378 e. The molecule has 104 valence electrons. The molecule has 0 heterocycles. The summed E-state index contributed by atoms with van der Waals surface area (Å²) in [7, 11) is 0. The molecule has 0 bridgehead atoms. The molecule has 0 aliphatic heterocycles. The van der Waals surface area contributed by atoms with Gasteiger partial charge in [0, 0.05) is 12.6 Å². The summed E-state index contributed by atoms with van der Waals surface area (Å²) in [5, 5.41) is 14.1. The minimum absolute atomic E-state index is 0.105. The Bertz CT molecular complexity index is 605. The molecule has 0 aromatic heterocycles. The lowest BCUT2D eigenvalue weighted by Crippen LogP contribution is -2.20. The predicted molar refractivity (Wildman–Crippen MR) is 80.0 cm³/mol. The van der Waals surface area contributed by atoms with E-state index in [2.05, 4.69) is 5.32 Å². The van der Waals surface area contributed by atoms with Gasteiger partial charge in [-0.25, -0.2) is 0 Å². The van der Waals surface area contributed by atoms with Gasteiger partial charge in [-0.15, -0.1) is 0 Å². The Morgan fingerprint density at radius 2 is 1.90 bits per heavy atom. The van der Waals surface area contributed by atoms with Crippen molar-refractivity contribution in [2.24, 2.45) is 5.73 Å². The fourth-order valence-corrected chi connectivity index (χ4v) is 2.13. The zero-order valence-corrected chi connectivity index (χ0v) is 11.4. The van der Waals surface area contributed by atoms with Gasteiger partial charge in [0.1, 0.15) is 10.7 Å². The number of benzene rings is 2. The van der Waals surface area contributed by atoms with Crippen molar-refractivity contribution in [2.45, 2.75) is 6.04 Å². The van der Waals surface area contributed by atoms with Crippen molar-refractivity contribution >= 4 is 23.0 Å². The molecule has 1 unspecified atom stereocenters. The van der Waals surface area contributed by atoms with E-state index in [4.69, 9.17) is 17.3 Å². The second-order valence-electron chi connectivity index (χ2n) is 4.29. The summed E-state index contributed by atoms with van der Waals surface area (Å²) in [6.07, 6.45) is 0. The van der Waals surface area contributed by atoms with E-state index >= 15 is 0 Å². The van der Waals surface area contributed by atoms with Crippen LogP contribution in [0.15, 0.2) is 48.5 Å². The van der Waals surface area contributed by atoms with Gasteiger partial charge in [-0.2, -0.15) is 0 Å². The van der Waals surface area contributed by atoms with Crippen LogP contribution in [0.4, 0.5) is 11.4 Å². The third-order valence-electron chi connectivity index (χ3n) is 2.91. The van der Waals surface area contributed by atoms with Crippen LogP contribution in [0, 0.1) is 10.1 Å². The molecule has 2 rings (SSSR count). The second-order valence-corrected chi connectivity index (χ2v) is 4.70. The van der Waals surface area contributed by atoms with E-state index in [9.17, 15) is 10.1 Å². The maximum atomic E-state index is 11.0. The number of para-hydroxylation sites is 1. The molecule has 5 nitrogen and oxygen atoms in total. The van der Waals surface area contributed by atoms with Crippen LogP contribution >= 0.6 is 11.6 Å². The van der Waals surface area contributed by atoms with E-state index in [0.717, 1.165) is 5.56 Å². The number of hydrogen-bond acceptors (Lipinski definition) is 4. The van der Waals surface area contributed by atoms with Crippen LogP contribution in [0.3, 0.4) is 0 Å². The normalized spacial score (nSPS) is 11.9. The third kappa shape index (κ3) is 3.26. The quantitative estimate of drug-likeness (QED) is 0.654. The second kappa shape index (κ2) is 6.36. The molecule has 0 aliphatic rings. The number of nitrogens with two attached hydrogens (primary N) is 1. The van der Waals surface area contributed by atoms with Crippen LogP contribution in [0.25, 0.3) is 0 Å². The topological polar surface area (TPSA) is 81.2 Å². The Balaban J connectivity index is 2.12. The van der Waals surface area contributed by atoms with Gasteiger partial charge in [-0.1, -0.05) is 48.0 Å². The van der Waals surface area contributed by atoms with Crippen LogP contribution in [0.1, 0.15) is 11.6 Å². The number of nitrogens with zero attached hydrogens (tertiary/aromatic N) is 1. The van der Waals surface area contributed by atoms with Crippen molar-refractivity contribution in [1.82, 2.24) is 0 Å². The van der Waals surface area contributed by atoms with Gasteiger partial charge in [0.15, 0.2) is 0 Å². The Hall–Kier alpha value is -2.11. The fraction of sp³-hybridized carbons (Fsp3) is 0.143. The van der Waals surface area contributed by atoms with Gasteiger partial charge < -0.3 is 11.1 Å². The average Bonchev–Trinajstić information content (AvgIpc) is 2.45. The Kier molecular flexibility index (Phi) is 4.55. The van der Waals surface area contributed by atoms with Gasteiger partial charge in [-0.3, -0.25) is 10.1 Å². The van der Waals surface area contributed by atoms with E-state index in [0.29, 0.717) is 12.2 Å². The van der Waals surface area contributed by atoms with Crippen LogP contribution in [0.5, 0.6) is 0 Å². The van der Waals surface area contributed by atoms with Crippen molar-refractivity contribution < 1.29 is 4.92 Å².